The van der Waals surface area contributed by atoms with Gasteiger partial charge in [0, 0.05) is 61.0 Å². The van der Waals surface area contributed by atoms with Crippen LogP contribution >= 0.6 is 0 Å². The molecular formula is C32H29N7O2. The monoisotopic (exact) mass is 543 g/mol. The molecule has 0 atom stereocenters. The third-order valence-electron chi connectivity index (χ3n) is 7.51. The number of nitriles is 1. The van der Waals surface area contributed by atoms with Crippen LogP contribution in [0.25, 0.3) is 27.8 Å². The molecule has 9 heteroatoms. The number of benzene rings is 2. The molecule has 1 aliphatic rings. The number of rotatable bonds is 7. The van der Waals surface area contributed by atoms with Crippen molar-refractivity contribution in [3.05, 3.63) is 103 Å². The minimum Gasteiger partial charge on any atom is -0.497 e. The highest BCUT2D eigenvalue weighted by atomic mass is 16.5. The van der Waals surface area contributed by atoms with E-state index in [9.17, 15) is 10.1 Å². The standard InChI is InChI=1S/C32H29N7O2/c1-3-31(40)37-14-12-36(13-15-37)28-8-6-24(7-9-28)30-16-25(22-39-32(30)26(17-33)18-35-39)27-19-34-38(21-27)20-23-4-10-29(41-2)11-5-23/h3-11,16,18-19,21-22H,1,12-15,20H2,2H3. The van der Waals surface area contributed by atoms with Gasteiger partial charge in [0.15, 0.2) is 0 Å². The molecule has 1 aliphatic heterocycles. The summed E-state index contributed by atoms with van der Waals surface area (Å²) in [6, 6.07) is 20.7. The normalized spacial score (nSPS) is 13.3. The van der Waals surface area contributed by atoms with Crippen LogP contribution < -0.4 is 9.64 Å². The summed E-state index contributed by atoms with van der Waals surface area (Å²) < 4.78 is 8.93. The maximum atomic E-state index is 11.9. The first-order valence-corrected chi connectivity index (χ1v) is 13.4. The smallest absolute Gasteiger partial charge is 0.246 e. The number of anilines is 1. The van der Waals surface area contributed by atoms with Gasteiger partial charge in [0.2, 0.25) is 5.91 Å². The van der Waals surface area contributed by atoms with Crippen molar-refractivity contribution in [2.75, 3.05) is 38.2 Å². The molecule has 0 aliphatic carbocycles. The number of piperazine rings is 1. The van der Waals surface area contributed by atoms with E-state index in [0.717, 1.165) is 57.9 Å². The Balaban J connectivity index is 1.28. The fraction of sp³-hybridized carbons (Fsp3) is 0.188. The van der Waals surface area contributed by atoms with Gasteiger partial charge < -0.3 is 14.5 Å². The number of carbonyl (C=O) groups excluding carboxylic acids is 1. The van der Waals surface area contributed by atoms with Crippen molar-refractivity contribution in [1.82, 2.24) is 24.3 Å². The summed E-state index contributed by atoms with van der Waals surface area (Å²) in [5.41, 5.74) is 7.33. The lowest BCUT2D eigenvalue weighted by molar-refractivity contribution is -0.126. The van der Waals surface area contributed by atoms with E-state index < -0.39 is 0 Å². The molecule has 0 bridgehead atoms. The predicted molar refractivity (Wildman–Crippen MR) is 158 cm³/mol. The molecule has 0 unspecified atom stereocenters. The van der Waals surface area contributed by atoms with Crippen molar-refractivity contribution < 1.29 is 9.53 Å². The average molecular weight is 544 g/mol. The molecule has 0 N–H and O–H groups in total. The van der Waals surface area contributed by atoms with E-state index in [0.29, 0.717) is 25.2 Å². The summed E-state index contributed by atoms with van der Waals surface area (Å²) in [4.78, 5) is 16.0. The summed E-state index contributed by atoms with van der Waals surface area (Å²) in [6.07, 6.45) is 8.78. The lowest BCUT2D eigenvalue weighted by Gasteiger charge is -2.35. The molecule has 204 valence electrons. The fourth-order valence-electron chi connectivity index (χ4n) is 5.26. The van der Waals surface area contributed by atoms with Crippen molar-refractivity contribution in [2.45, 2.75) is 6.54 Å². The summed E-state index contributed by atoms with van der Waals surface area (Å²) in [6.45, 7) is 7.09. The molecule has 0 saturated carbocycles. The summed E-state index contributed by atoms with van der Waals surface area (Å²) in [5.74, 6) is 0.798. The third kappa shape index (κ3) is 5.15. The van der Waals surface area contributed by atoms with Crippen LogP contribution in [-0.4, -0.2) is 63.5 Å². The molecule has 3 aromatic heterocycles. The Morgan fingerprint density at radius 3 is 2.41 bits per heavy atom. The lowest BCUT2D eigenvalue weighted by atomic mass is 9.99. The molecule has 1 saturated heterocycles. The Labute approximate surface area is 238 Å². The second-order valence-corrected chi connectivity index (χ2v) is 9.94. The zero-order chi connectivity index (χ0) is 28.3. The predicted octanol–water partition coefficient (Wildman–Crippen LogP) is 4.63. The van der Waals surface area contributed by atoms with E-state index in [1.807, 2.05) is 52.4 Å². The summed E-state index contributed by atoms with van der Waals surface area (Å²) in [7, 11) is 1.66. The second kappa shape index (κ2) is 11.0. The average Bonchev–Trinajstić information content (AvgIpc) is 3.68. The van der Waals surface area contributed by atoms with Gasteiger partial charge in [-0.05, 0) is 47.5 Å². The SMILES string of the molecule is C=CC(=O)N1CCN(c2ccc(-c3cc(-c4cnn(Cc5ccc(OC)cc5)c4)cn4ncc(C#N)c34)cc2)CC1. The number of fused-ring (bicyclic) bond motifs is 1. The Morgan fingerprint density at radius 1 is 0.976 bits per heavy atom. The van der Waals surface area contributed by atoms with Crippen LogP contribution in [0.5, 0.6) is 5.75 Å². The number of pyridine rings is 1. The molecule has 2 aromatic carbocycles. The van der Waals surface area contributed by atoms with Gasteiger partial charge in [-0.2, -0.15) is 15.5 Å². The molecule has 1 fully saturated rings. The van der Waals surface area contributed by atoms with Gasteiger partial charge >= 0.3 is 0 Å². The van der Waals surface area contributed by atoms with Crippen LogP contribution in [-0.2, 0) is 11.3 Å². The molecule has 6 rings (SSSR count). The van der Waals surface area contributed by atoms with E-state index in [-0.39, 0.29) is 5.91 Å². The van der Waals surface area contributed by atoms with Crippen molar-refractivity contribution in [3.8, 4) is 34.1 Å². The summed E-state index contributed by atoms with van der Waals surface area (Å²) in [5, 5.41) is 18.9. The van der Waals surface area contributed by atoms with Crippen LogP contribution in [0.3, 0.4) is 0 Å². The molecule has 41 heavy (non-hydrogen) atoms. The molecule has 0 radical (unpaired) electrons. The van der Waals surface area contributed by atoms with Crippen molar-refractivity contribution >= 4 is 17.1 Å². The largest absolute Gasteiger partial charge is 0.497 e. The topological polar surface area (TPSA) is 91.7 Å². The number of ether oxygens (including phenoxy) is 1. The van der Waals surface area contributed by atoms with E-state index in [4.69, 9.17) is 4.74 Å². The maximum absolute atomic E-state index is 11.9. The van der Waals surface area contributed by atoms with Crippen molar-refractivity contribution in [3.63, 3.8) is 0 Å². The highest BCUT2D eigenvalue weighted by molar-refractivity contribution is 5.88. The zero-order valence-electron chi connectivity index (χ0n) is 22.8. The first-order chi connectivity index (χ1) is 20.1. The van der Waals surface area contributed by atoms with E-state index >= 15 is 0 Å². The van der Waals surface area contributed by atoms with Crippen LogP contribution in [0.15, 0.2) is 92.0 Å². The van der Waals surface area contributed by atoms with Crippen molar-refractivity contribution in [1.29, 1.82) is 5.26 Å². The molecule has 4 heterocycles. The second-order valence-electron chi connectivity index (χ2n) is 9.94. The third-order valence-corrected chi connectivity index (χ3v) is 7.51. The molecule has 1 amide bonds. The van der Waals surface area contributed by atoms with Crippen LogP contribution in [0, 0.1) is 11.3 Å². The quantitative estimate of drug-likeness (QED) is 0.278. The lowest BCUT2D eigenvalue weighted by Crippen LogP contribution is -2.48. The van der Waals surface area contributed by atoms with Gasteiger partial charge in [-0.1, -0.05) is 30.8 Å². The highest BCUT2D eigenvalue weighted by Crippen LogP contribution is 2.33. The molecule has 5 aromatic rings. The Hall–Kier alpha value is -5.36. The molecule has 0 spiro atoms. The van der Waals surface area contributed by atoms with Gasteiger partial charge in [0.25, 0.3) is 0 Å². The molecular weight excluding hydrogens is 514 g/mol. The first kappa shape index (κ1) is 25.9. The molecule has 9 nitrogen and oxygen atoms in total. The van der Waals surface area contributed by atoms with E-state index in [1.54, 1.807) is 17.8 Å². The number of carbonyl (C=O) groups is 1. The number of aromatic nitrogens is 4. The zero-order valence-corrected chi connectivity index (χ0v) is 22.8. The van der Waals surface area contributed by atoms with Gasteiger partial charge in [-0.25, -0.2) is 4.52 Å². The van der Waals surface area contributed by atoms with Crippen LogP contribution in [0.2, 0.25) is 0 Å². The van der Waals surface area contributed by atoms with Crippen LogP contribution in [0.4, 0.5) is 5.69 Å². The fourth-order valence-corrected chi connectivity index (χ4v) is 5.26. The summed E-state index contributed by atoms with van der Waals surface area (Å²) >= 11 is 0. The van der Waals surface area contributed by atoms with Crippen LogP contribution in [0.1, 0.15) is 11.1 Å². The van der Waals surface area contributed by atoms with Gasteiger partial charge in [-0.15, -0.1) is 0 Å². The maximum Gasteiger partial charge on any atom is 0.246 e. The first-order valence-electron chi connectivity index (χ1n) is 13.4. The van der Waals surface area contributed by atoms with Gasteiger partial charge in [-0.3, -0.25) is 9.48 Å². The van der Waals surface area contributed by atoms with Gasteiger partial charge in [0.05, 0.1) is 37.1 Å². The number of methoxy groups -OCH3 is 1. The Morgan fingerprint density at radius 2 is 1.73 bits per heavy atom. The minimum absolute atomic E-state index is 0.0238. The van der Waals surface area contributed by atoms with E-state index in [1.165, 1.54) is 6.08 Å². The Kier molecular flexibility index (Phi) is 6.96. The van der Waals surface area contributed by atoms with E-state index in [2.05, 4.69) is 58.1 Å². The van der Waals surface area contributed by atoms with Crippen molar-refractivity contribution in [2.24, 2.45) is 0 Å². The highest BCUT2D eigenvalue weighted by Gasteiger charge is 2.20. The van der Waals surface area contributed by atoms with Gasteiger partial charge in [0.1, 0.15) is 11.8 Å². The number of amides is 1. The minimum atomic E-state index is -0.0238. The number of hydrogen-bond donors (Lipinski definition) is 0. The number of nitrogens with zero attached hydrogens (tertiary/aromatic N) is 7. The number of hydrogen-bond acceptors (Lipinski definition) is 6. The Bertz CT molecular complexity index is 1750.